The molecule has 0 fully saturated rings. The van der Waals surface area contributed by atoms with Crippen LogP contribution in [0.5, 0.6) is 0 Å². The van der Waals surface area contributed by atoms with E-state index in [2.05, 4.69) is 118 Å². The minimum absolute atomic E-state index is 0. The Labute approximate surface area is 440 Å². The second-order valence-electron chi connectivity index (χ2n) is 18.9. The van der Waals surface area contributed by atoms with Gasteiger partial charge in [-0.3, -0.25) is 0 Å². The summed E-state index contributed by atoms with van der Waals surface area (Å²) in [6, 6.07) is 67.9. The molecule has 6 aromatic carbocycles. The monoisotopic (exact) mass is 1140 g/mol. The van der Waals surface area contributed by atoms with Gasteiger partial charge in [0.15, 0.2) is 17.5 Å². The van der Waals surface area contributed by atoms with Crippen LogP contribution >= 0.6 is 0 Å². The summed E-state index contributed by atoms with van der Waals surface area (Å²) in [6.45, 7) is 13.1. The molecule has 4 aromatic heterocycles. The predicted octanol–water partition coefficient (Wildman–Crippen LogP) is 16.1. The van der Waals surface area contributed by atoms with E-state index in [9.17, 15) is 13.2 Å². The molecule has 73 heavy (non-hydrogen) atoms. The van der Waals surface area contributed by atoms with Crippen LogP contribution in [0, 0.1) is 18.2 Å². The number of nitrogens with zero attached hydrogens (tertiary/aromatic N) is 6. The van der Waals surface area contributed by atoms with Crippen LogP contribution in [0.3, 0.4) is 0 Å². The van der Waals surface area contributed by atoms with Crippen molar-refractivity contribution in [3.05, 3.63) is 242 Å². The van der Waals surface area contributed by atoms with Gasteiger partial charge in [-0.1, -0.05) is 162 Å². The summed E-state index contributed by atoms with van der Waals surface area (Å²) in [6.07, 6.45) is 0.944. The largest absolute Gasteiger partial charge is 3.00 e. The third-order valence-corrected chi connectivity index (χ3v) is 11.6. The van der Waals surface area contributed by atoms with Crippen molar-refractivity contribution in [3.8, 4) is 79.1 Å². The van der Waals surface area contributed by atoms with Crippen molar-refractivity contribution >= 4 is 0 Å². The minimum atomic E-state index is -4.37. The number of hydrogen-bond donors (Lipinski definition) is 0. The molecule has 10 heteroatoms. The quantitative estimate of drug-likeness (QED) is 0.148. The normalized spacial score (nSPS) is 11.2. The molecule has 0 saturated carbocycles. The summed E-state index contributed by atoms with van der Waals surface area (Å²) < 4.78 is 38.9. The molecular formula is C63H52F3IrN6. The van der Waals surface area contributed by atoms with Crippen LogP contribution in [0.15, 0.2) is 207 Å². The Morgan fingerprint density at radius 1 is 0.356 bits per heavy atom. The summed E-state index contributed by atoms with van der Waals surface area (Å²) in [4.78, 5) is 27.8. The first kappa shape index (κ1) is 53.0. The molecule has 0 saturated heterocycles. The van der Waals surface area contributed by atoms with Crippen LogP contribution in [0.1, 0.15) is 58.2 Å². The van der Waals surface area contributed by atoms with E-state index in [1.807, 2.05) is 109 Å². The summed E-state index contributed by atoms with van der Waals surface area (Å²) in [7, 11) is 0. The molecule has 0 radical (unpaired) electrons. The smallest absolute Gasteiger partial charge is 0.305 e. The van der Waals surface area contributed by atoms with Crippen molar-refractivity contribution < 1.29 is 33.3 Å². The fourth-order valence-corrected chi connectivity index (χ4v) is 7.45. The molecule has 0 amide bonds. The van der Waals surface area contributed by atoms with Crippen LogP contribution < -0.4 is 0 Å². The van der Waals surface area contributed by atoms with Crippen molar-refractivity contribution in [3.63, 3.8) is 0 Å². The van der Waals surface area contributed by atoms with Gasteiger partial charge in [0.25, 0.3) is 0 Å². The molecule has 0 aliphatic carbocycles. The Morgan fingerprint density at radius 3 is 1.12 bits per heavy atom. The number of rotatable bonds is 7. The molecule has 0 unspecified atom stereocenters. The Bertz CT molecular complexity index is 3050. The van der Waals surface area contributed by atoms with Gasteiger partial charge in [0.05, 0.1) is 5.56 Å². The third kappa shape index (κ3) is 14.2. The first-order chi connectivity index (χ1) is 34.6. The number of alkyl halides is 3. The third-order valence-electron chi connectivity index (χ3n) is 11.6. The van der Waals surface area contributed by atoms with E-state index >= 15 is 0 Å². The second kappa shape index (κ2) is 23.6. The van der Waals surface area contributed by atoms with E-state index in [1.54, 1.807) is 24.7 Å². The van der Waals surface area contributed by atoms with Crippen LogP contribution in [0.4, 0.5) is 13.2 Å². The number of benzene rings is 6. The molecule has 0 aliphatic heterocycles. The molecule has 0 N–H and O–H groups in total. The van der Waals surface area contributed by atoms with E-state index in [0.717, 1.165) is 62.5 Å². The molecule has 10 rings (SSSR count). The van der Waals surface area contributed by atoms with Crippen molar-refractivity contribution in [1.82, 2.24) is 29.9 Å². The standard InChI is InChI=1S/C41H36F3N4.2C11H8N.Ir/c1-39(2,3)32-18-13-29(14-19-32)36-46-37(30-15-20-33(21-16-30)40(4,5)6)48-38(47-36)31-17-24-35(45-25-31)28-9-7-26(8-10-28)27-11-22-34(23-12-27)41(42,43)44;2*1-2-6-10(7-3-1)11-8-4-5-9-12-11;/h7-9,11-25H,1-6H3;2*1-6,8-9H;/q3*-1;+3. The van der Waals surface area contributed by atoms with Crippen molar-refractivity contribution in [2.45, 2.75) is 58.5 Å². The molecule has 0 aliphatic rings. The molecule has 0 spiro atoms. The molecule has 364 valence electrons. The van der Waals surface area contributed by atoms with Gasteiger partial charge >= 0.3 is 26.3 Å². The van der Waals surface area contributed by atoms with Gasteiger partial charge in [-0.05, 0) is 51.2 Å². The Hall–Kier alpha value is -7.78. The summed E-state index contributed by atoms with van der Waals surface area (Å²) >= 11 is 0. The van der Waals surface area contributed by atoms with Crippen molar-refractivity contribution in [1.29, 1.82) is 0 Å². The Balaban J connectivity index is 0.000000251. The molecule has 4 heterocycles. The average molecular weight is 1140 g/mol. The zero-order valence-corrected chi connectivity index (χ0v) is 43.7. The van der Waals surface area contributed by atoms with E-state index in [0.29, 0.717) is 28.7 Å². The maximum absolute atomic E-state index is 13.0. The van der Waals surface area contributed by atoms with E-state index in [-0.39, 0.29) is 30.9 Å². The summed E-state index contributed by atoms with van der Waals surface area (Å²) in [5.74, 6) is 1.66. The minimum Gasteiger partial charge on any atom is -0.305 e. The van der Waals surface area contributed by atoms with Crippen molar-refractivity contribution in [2.24, 2.45) is 0 Å². The summed E-state index contributed by atoms with van der Waals surface area (Å²) in [5, 5.41) is 0. The van der Waals surface area contributed by atoms with Gasteiger partial charge in [-0.25, -0.2) is 15.0 Å². The predicted molar refractivity (Wildman–Crippen MR) is 283 cm³/mol. The second-order valence-corrected chi connectivity index (χ2v) is 18.9. The van der Waals surface area contributed by atoms with E-state index < -0.39 is 11.7 Å². The zero-order chi connectivity index (χ0) is 50.7. The SMILES string of the molecule is CC(C)(C)c1ccc(-c2nc(-c3ccc(C(C)(C)C)cc3)nc(-c3ccc(-c4[c-]cc(-c5ccc(C(F)(F)F)cc5)cc4)nc3)n2)cc1.[Ir+3].[c-]1ccccc1-c1ccccn1.[c-]1ccccc1-c1ccccn1. The maximum Gasteiger partial charge on any atom is 3.00 e. The molecular weight excluding hydrogens is 1090 g/mol. The van der Waals surface area contributed by atoms with Crippen LogP contribution in [0.2, 0.25) is 0 Å². The summed E-state index contributed by atoms with van der Waals surface area (Å²) in [5.41, 5.74) is 11.3. The number of halogens is 3. The van der Waals surface area contributed by atoms with Crippen LogP contribution in [-0.2, 0) is 37.1 Å². The molecule has 0 bridgehead atoms. The number of hydrogen-bond acceptors (Lipinski definition) is 6. The molecule has 0 atom stereocenters. The van der Waals surface area contributed by atoms with Gasteiger partial charge in [0.1, 0.15) is 0 Å². The Kier molecular flexibility index (Phi) is 17.2. The fraction of sp³-hybridized carbons (Fsp3) is 0.143. The topological polar surface area (TPSA) is 77.3 Å². The number of pyridine rings is 3. The van der Waals surface area contributed by atoms with Crippen LogP contribution in [0.25, 0.3) is 79.1 Å². The molecule has 10 aromatic rings. The molecule has 6 nitrogen and oxygen atoms in total. The fourth-order valence-electron chi connectivity index (χ4n) is 7.45. The maximum atomic E-state index is 13.0. The first-order valence-electron chi connectivity index (χ1n) is 23.5. The van der Waals surface area contributed by atoms with Gasteiger partial charge in [0, 0.05) is 35.3 Å². The van der Waals surface area contributed by atoms with Crippen molar-refractivity contribution in [2.75, 3.05) is 0 Å². The number of aromatic nitrogens is 6. The van der Waals surface area contributed by atoms with Crippen LogP contribution in [-0.4, -0.2) is 29.9 Å². The van der Waals surface area contributed by atoms with Gasteiger partial charge in [-0.15, -0.1) is 102 Å². The first-order valence-corrected chi connectivity index (χ1v) is 23.5. The van der Waals surface area contributed by atoms with Gasteiger partial charge in [-0.2, -0.15) is 13.2 Å². The Morgan fingerprint density at radius 2 is 0.753 bits per heavy atom. The van der Waals surface area contributed by atoms with Gasteiger partial charge in [0.2, 0.25) is 0 Å². The average Bonchev–Trinajstić information content (AvgIpc) is 3.41. The van der Waals surface area contributed by atoms with E-state index in [4.69, 9.17) is 19.9 Å². The van der Waals surface area contributed by atoms with Gasteiger partial charge < -0.3 is 15.0 Å². The van der Waals surface area contributed by atoms with E-state index in [1.165, 1.54) is 23.3 Å². The zero-order valence-electron chi connectivity index (χ0n) is 41.3.